The molecule has 0 N–H and O–H groups in total. The second kappa shape index (κ2) is 9.64. The second-order valence-electron chi connectivity index (χ2n) is 5.49. The van der Waals surface area contributed by atoms with E-state index in [1.807, 2.05) is 34.7 Å². The maximum atomic E-state index is 4.55. The van der Waals surface area contributed by atoms with Crippen LogP contribution in [0.5, 0.6) is 0 Å². The lowest BCUT2D eigenvalue weighted by atomic mass is 10.0. The lowest BCUT2D eigenvalue weighted by molar-refractivity contribution is 0.642. The minimum absolute atomic E-state index is 1.09. The summed E-state index contributed by atoms with van der Waals surface area (Å²) < 4.78 is 0. The summed E-state index contributed by atoms with van der Waals surface area (Å²) in [6.07, 6.45) is 10.1. The molecule has 2 aliphatic carbocycles. The Kier molecular flexibility index (Phi) is 8.17. The van der Waals surface area contributed by atoms with Crippen LogP contribution in [0.1, 0.15) is 75.1 Å². The quantitative estimate of drug-likeness (QED) is 0.698. The molecule has 3 nitrogen and oxygen atoms in total. The minimum Gasteiger partial charge on any atom is -0.297 e. The zero-order valence-corrected chi connectivity index (χ0v) is 14.5. The molecule has 0 aromatic carbocycles. The van der Waals surface area contributed by atoms with Gasteiger partial charge in [-0.05, 0) is 65.2 Å². The van der Waals surface area contributed by atoms with Crippen LogP contribution in [0.15, 0.2) is 4.99 Å². The number of hydrogen-bond acceptors (Lipinski definition) is 3. The number of aromatic nitrogens is 2. The number of nitrogens with zero attached hydrogens (tertiary/aromatic N) is 3. The fraction of sp³-hybridized carbons (Fsp3) is 0.722. The second-order valence-corrected chi connectivity index (χ2v) is 5.49. The van der Waals surface area contributed by atoms with Gasteiger partial charge in [-0.2, -0.15) is 0 Å². The Morgan fingerprint density at radius 2 is 1.10 bits per heavy atom. The molecule has 1 heterocycles. The van der Waals surface area contributed by atoms with Crippen LogP contribution in [0.2, 0.25) is 0 Å². The van der Waals surface area contributed by atoms with E-state index in [2.05, 4.69) is 15.0 Å². The van der Waals surface area contributed by atoms with E-state index >= 15 is 0 Å². The van der Waals surface area contributed by atoms with Gasteiger partial charge in [0.15, 0.2) is 0 Å². The highest BCUT2D eigenvalue weighted by atomic mass is 14.8. The number of hydrogen-bond donors (Lipinski definition) is 0. The van der Waals surface area contributed by atoms with Crippen LogP contribution >= 0.6 is 0 Å². The van der Waals surface area contributed by atoms with Crippen molar-refractivity contribution in [3.8, 4) is 0 Å². The van der Waals surface area contributed by atoms with Crippen molar-refractivity contribution in [2.45, 2.75) is 79.1 Å². The van der Waals surface area contributed by atoms with Gasteiger partial charge in [-0.25, -0.2) is 0 Å². The van der Waals surface area contributed by atoms with E-state index in [4.69, 9.17) is 0 Å². The van der Waals surface area contributed by atoms with E-state index in [0.29, 0.717) is 0 Å². The smallest absolute Gasteiger partial charge is 0.0622 e. The van der Waals surface area contributed by atoms with Crippen LogP contribution in [0.4, 0.5) is 0 Å². The maximum absolute atomic E-state index is 4.55. The minimum atomic E-state index is 1.09. The fourth-order valence-electron chi connectivity index (χ4n) is 2.69. The summed E-state index contributed by atoms with van der Waals surface area (Å²) in [4.78, 5) is 13.2. The average Bonchev–Trinajstić information content (AvgIpc) is 3.05. The molecular formula is C18H31N3. The van der Waals surface area contributed by atoms with Crippen molar-refractivity contribution in [3.63, 3.8) is 0 Å². The van der Waals surface area contributed by atoms with Gasteiger partial charge in [0.25, 0.3) is 0 Å². The van der Waals surface area contributed by atoms with E-state index < -0.39 is 0 Å². The van der Waals surface area contributed by atoms with Gasteiger partial charge < -0.3 is 0 Å². The monoisotopic (exact) mass is 289 g/mol. The third-order valence-corrected chi connectivity index (χ3v) is 4.04. The molecule has 0 atom stereocenters. The lowest BCUT2D eigenvalue weighted by Crippen LogP contribution is -2.10. The number of rotatable bonds is 0. The first-order valence-corrected chi connectivity index (χ1v) is 8.48. The predicted octanol–water partition coefficient (Wildman–Crippen LogP) is 4.63. The summed E-state index contributed by atoms with van der Waals surface area (Å²) in [7, 11) is 1.89. The molecule has 21 heavy (non-hydrogen) atoms. The summed E-state index contributed by atoms with van der Waals surface area (Å²) >= 11 is 0. The third-order valence-electron chi connectivity index (χ3n) is 4.04. The molecule has 0 amide bonds. The molecule has 0 radical (unpaired) electrons. The molecule has 0 unspecified atom stereocenters. The molecule has 0 spiro atoms. The maximum Gasteiger partial charge on any atom is 0.0622 e. The SMILES string of the molecule is CC.CN=C1CCCC1.Cc1nc2c(nc1C)CCCC2. The molecule has 0 bridgehead atoms. The highest BCUT2D eigenvalue weighted by Gasteiger charge is 2.12. The molecule has 2 aliphatic rings. The predicted molar refractivity (Wildman–Crippen MR) is 91.3 cm³/mol. The molecule has 1 aromatic rings. The van der Waals surface area contributed by atoms with Gasteiger partial charge in [-0.15, -0.1) is 0 Å². The Balaban J connectivity index is 0.000000210. The van der Waals surface area contributed by atoms with E-state index in [0.717, 1.165) is 24.2 Å². The van der Waals surface area contributed by atoms with Crippen LogP contribution in [-0.2, 0) is 12.8 Å². The highest BCUT2D eigenvalue weighted by molar-refractivity contribution is 5.85. The Morgan fingerprint density at radius 1 is 0.714 bits per heavy atom. The van der Waals surface area contributed by atoms with E-state index in [1.165, 1.54) is 55.6 Å². The Morgan fingerprint density at radius 3 is 1.43 bits per heavy atom. The molecule has 3 rings (SSSR count). The van der Waals surface area contributed by atoms with Gasteiger partial charge >= 0.3 is 0 Å². The average molecular weight is 289 g/mol. The Labute approximate surface area is 130 Å². The fourth-order valence-corrected chi connectivity index (χ4v) is 2.69. The van der Waals surface area contributed by atoms with Gasteiger partial charge in [-0.3, -0.25) is 15.0 Å². The first-order valence-electron chi connectivity index (χ1n) is 8.48. The molecule has 0 aliphatic heterocycles. The van der Waals surface area contributed by atoms with Gasteiger partial charge in [-0.1, -0.05) is 13.8 Å². The van der Waals surface area contributed by atoms with Gasteiger partial charge in [0, 0.05) is 12.8 Å². The van der Waals surface area contributed by atoms with E-state index in [1.54, 1.807) is 0 Å². The molecule has 1 aromatic heterocycles. The molecule has 1 saturated carbocycles. The van der Waals surface area contributed by atoms with Crippen molar-refractivity contribution in [1.29, 1.82) is 0 Å². The first kappa shape index (κ1) is 17.8. The summed E-state index contributed by atoms with van der Waals surface area (Å²) in [5, 5.41) is 0. The molecule has 0 saturated heterocycles. The molecular weight excluding hydrogens is 258 g/mol. The van der Waals surface area contributed by atoms with Crippen LogP contribution in [-0.4, -0.2) is 22.7 Å². The largest absolute Gasteiger partial charge is 0.297 e. The first-order chi connectivity index (χ1) is 10.2. The summed E-state index contributed by atoms with van der Waals surface area (Å²) in [5.74, 6) is 0. The lowest BCUT2D eigenvalue weighted by Gasteiger charge is -2.14. The standard InChI is InChI=1S/C10H14N2.C6H11N.C2H6/c1-7-8(2)12-10-6-4-3-5-9(10)11-7;1-7-6-4-2-3-5-6;1-2/h3-6H2,1-2H3;2-5H2,1H3;1-2H3. The highest BCUT2D eigenvalue weighted by Crippen LogP contribution is 2.18. The van der Waals surface area contributed by atoms with Gasteiger partial charge in [0.2, 0.25) is 0 Å². The summed E-state index contributed by atoms with van der Waals surface area (Å²) in [6, 6.07) is 0. The molecule has 118 valence electrons. The van der Waals surface area contributed by atoms with E-state index in [-0.39, 0.29) is 0 Å². The van der Waals surface area contributed by atoms with Crippen molar-refractivity contribution in [1.82, 2.24) is 9.97 Å². The van der Waals surface area contributed by atoms with Crippen LogP contribution < -0.4 is 0 Å². The topological polar surface area (TPSA) is 38.1 Å². The third kappa shape index (κ3) is 5.56. The van der Waals surface area contributed by atoms with Crippen LogP contribution in [0.25, 0.3) is 0 Å². The summed E-state index contributed by atoms with van der Waals surface area (Å²) in [6.45, 7) is 8.08. The molecule has 1 fully saturated rings. The van der Waals surface area contributed by atoms with Gasteiger partial charge in [0.1, 0.15) is 0 Å². The van der Waals surface area contributed by atoms with Crippen LogP contribution in [0.3, 0.4) is 0 Å². The van der Waals surface area contributed by atoms with Crippen molar-refractivity contribution < 1.29 is 0 Å². The van der Waals surface area contributed by atoms with Crippen molar-refractivity contribution in [2.24, 2.45) is 4.99 Å². The number of aliphatic imine (C=N–C) groups is 1. The van der Waals surface area contributed by atoms with E-state index in [9.17, 15) is 0 Å². The van der Waals surface area contributed by atoms with Crippen LogP contribution in [0, 0.1) is 13.8 Å². The Hall–Kier alpha value is -1.25. The summed E-state index contributed by atoms with van der Waals surface area (Å²) in [5.41, 5.74) is 6.08. The zero-order valence-electron chi connectivity index (χ0n) is 14.5. The Bertz CT molecular complexity index is 425. The van der Waals surface area contributed by atoms with Crippen molar-refractivity contribution in [3.05, 3.63) is 22.8 Å². The zero-order chi connectivity index (χ0) is 15.7. The van der Waals surface area contributed by atoms with Crippen molar-refractivity contribution >= 4 is 5.71 Å². The number of aryl methyl sites for hydroxylation is 4. The van der Waals surface area contributed by atoms with Crippen molar-refractivity contribution in [2.75, 3.05) is 7.05 Å². The number of fused-ring (bicyclic) bond motifs is 1. The normalized spacial score (nSPS) is 16.1. The van der Waals surface area contributed by atoms with Gasteiger partial charge in [0.05, 0.1) is 22.8 Å². The molecule has 3 heteroatoms.